The maximum absolute atomic E-state index is 12.3. The van der Waals surface area contributed by atoms with Crippen molar-refractivity contribution < 1.29 is 19.4 Å². The number of halogens is 1. The van der Waals surface area contributed by atoms with Crippen molar-refractivity contribution in [1.29, 1.82) is 0 Å². The fraction of sp³-hybridized carbons (Fsp3) is 0.286. The van der Waals surface area contributed by atoms with Gasteiger partial charge in [-0.25, -0.2) is 0 Å². The molecule has 1 aromatic carbocycles. The number of aliphatic carboxylic acids is 1. The van der Waals surface area contributed by atoms with Crippen LogP contribution in [0.2, 0.25) is 0 Å². The second-order valence-corrected chi connectivity index (χ2v) is 5.35. The lowest BCUT2D eigenvalue weighted by molar-refractivity contribution is -0.136. The smallest absolute Gasteiger partial charge is 0.304 e. The molecule has 106 valence electrons. The van der Waals surface area contributed by atoms with E-state index in [2.05, 4.69) is 20.9 Å². The number of benzene rings is 1. The number of aromatic amines is 1. The molecule has 1 heterocycles. The summed E-state index contributed by atoms with van der Waals surface area (Å²) in [5, 5.41) is 9.46. The molecule has 2 aromatic rings. The molecule has 0 radical (unpaired) electrons. The minimum atomic E-state index is -1.02. The predicted octanol–water partition coefficient (Wildman–Crippen LogP) is 2.99. The summed E-state index contributed by atoms with van der Waals surface area (Å²) in [6.07, 6.45) is 1.33. The molecule has 0 aliphatic heterocycles. The summed E-state index contributed by atoms with van der Waals surface area (Å²) in [4.78, 5) is 25.3. The molecular formula is C14H14BrNO4. The van der Waals surface area contributed by atoms with E-state index in [1.54, 1.807) is 12.3 Å². The van der Waals surface area contributed by atoms with Gasteiger partial charge in [0.1, 0.15) is 5.75 Å². The van der Waals surface area contributed by atoms with Crippen LogP contribution < -0.4 is 4.74 Å². The van der Waals surface area contributed by atoms with Crippen molar-refractivity contribution in [3.63, 3.8) is 0 Å². The second kappa shape index (κ2) is 6.09. The molecule has 0 amide bonds. The van der Waals surface area contributed by atoms with Gasteiger partial charge in [0, 0.05) is 17.3 Å². The molecule has 1 unspecified atom stereocenters. The Balaban J connectivity index is 2.44. The van der Waals surface area contributed by atoms with Crippen molar-refractivity contribution in [2.24, 2.45) is 0 Å². The lowest BCUT2D eigenvalue weighted by Crippen LogP contribution is -2.18. The molecule has 6 heteroatoms. The molecule has 2 N–H and O–H groups in total. The van der Waals surface area contributed by atoms with Gasteiger partial charge in [-0.15, -0.1) is 0 Å². The summed E-state index contributed by atoms with van der Waals surface area (Å²) in [6.45, 7) is 2.36. The molecule has 20 heavy (non-hydrogen) atoms. The average Bonchev–Trinajstić information content (AvgIpc) is 2.82. The maximum atomic E-state index is 12.3. The van der Waals surface area contributed by atoms with Crippen LogP contribution in [0.4, 0.5) is 0 Å². The third kappa shape index (κ3) is 2.85. The molecule has 0 spiro atoms. The Kier molecular flexibility index (Phi) is 4.44. The first-order valence-corrected chi connectivity index (χ1v) is 7.09. The van der Waals surface area contributed by atoms with Gasteiger partial charge in [-0.2, -0.15) is 0 Å². The van der Waals surface area contributed by atoms with Gasteiger partial charge in [0.05, 0.1) is 23.2 Å². The normalized spacial score (nSPS) is 12.3. The maximum Gasteiger partial charge on any atom is 0.304 e. The fourth-order valence-corrected chi connectivity index (χ4v) is 2.56. The van der Waals surface area contributed by atoms with Crippen LogP contribution in [-0.2, 0) is 4.79 Å². The van der Waals surface area contributed by atoms with Crippen molar-refractivity contribution in [1.82, 2.24) is 4.98 Å². The van der Waals surface area contributed by atoms with E-state index < -0.39 is 10.8 Å². The van der Waals surface area contributed by atoms with E-state index in [9.17, 15) is 9.59 Å². The van der Waals surface area contributed by atoms with Crippen LogP contribution in [0.1, 0.15) is 23.7 Å². The van der Waals surface area contributed by atoms with E-state index in [-0.39, 0.29) is 12.2 Å². The van der Waals surface area contributed by atoms with Crippen molar-refractivity contribution in [3.05, 3.63) is 30.0 Å². The third-order valence-electron chi connectivity index (χ3n) is 2.87. The van der Waals surface area contributed by atoms with Crippen LogP contribution in [0.15, 0.2) is 24.4 Å². The lowest BCUT2D eigenvalue weighted by Gasteiger charge is -2.08. The van der Waals surface area contributed by atoms with Gasteiger partial charge >= 0.3 is 5.97 Å². The summed E-state index contributed by atoms with van der Waals surface area (Å²) < 4.78 is 5.53. The van der Waals surface area contributed by atoms with Gasteiger partial charge in [-0.1, -0.05) is 22.0 Å². The Bertz CT molecular complexity index is 650. The van der Waals surface area contributed by atoms with Crippen molar-refractivity contribution in [3.8, 4) is 5.75 Å². The molecule has 1 aromatic heterocycles. The van der Waals surface area contributed by atoms with Crippen LogP contribution in [-0.4, -0.2) is 33.3 Å². The molecule has 0 aliphatic carbocycles. The number of carboxylic acids is 1. The molecule has 0 saturated heterocycles. The SMILES string of the molecule is CCOc1cccc2[nH]cc(C(=O)C(Br)CC(=O)O)c12. The highest BCUT2D eigenvalue weighted by Gasteiger charge is 2.24. The van der Waals surface area contributed by atoms with Crippen molar-refractivity contribution >= 4 is 38.6 Å². The van der Waals surface area contributed by atoms with Gasteiger partial charge in [0.2, 0.25) is 0 Å². The zero-order valence-electron chi connectivity index (χ0n) is 10.9. The molecule has 2 rings (SSSR count). The zero-order chi connectivity index (χ0) is 14.7. The predicted molar refractivity (Wildman–Crippen MR) is 78.8 cm³/mol. The van der Waals surface area contributed by atoms with E-state index in [1.807, 2.05) is 19.1 Å². The summed E-state index contributed by atoms with van der Waals surface area (Å²) in [6, 6.07) is 5.47. The number of nitrogens with one attached hydrogen (secondary N) is 1. The van der Waals surface area contributed by atoms with Crippen LogP contribution >= 0.6 is 15.9 Å². The van der Waals surface area contributed by atoms with Crippen LogP contribution in [0.3, 0.4) is 0 Å². The minimum Gasteiger partial charge on any atom is -0.493 e. The van der Waals surface area contributed by atoms with E-state index in [4.69, 9.17) is 9.84 Å². The molecular weight excluding hydrogens is 326 g/mol. The molecule has 0 fully saturated rings. The van der Waals surface area contributed by atoms with Crippen molar-refractivity contribution in [2.75, 3.05) is 6.61 Å². The Hall–Kier alpha value is -1.82. The number of carboxylic acid groups (broad SMARTS) is 1. The number of ether oxygens (including phenoxy) is 1. The van der Waals surface area contributed by atoms with E-state index >= 15 is 0 Å². The number of carbonyl (C=O) groups excluding carboxylic acids is 1. The highest BCUT2D eigenvalue weighted by Crippen LogP contribution is 2.30. The topological polar surface area (TPSA) is 79.4 Å². The zero-order valence-corrected chi connectivity index (χ0v) is 12.4. The molecule has 1 atom stereocenters. The first-order chi connectivity index (χ1) is 9.54. The number of alkyl halides is 1. The molecule has 0 aliphatic rings. The lowest BCUT2D eigenvalue weighted by atomic mass is 10.0. The number of fused-ring (bicyclic) bond motifs is 1. The van der Waals surface area contributed by atoms with Crippen LogP contribution in [0.5, 0.6) is 5.75 Å². The monoisotopic (exact) mass is 339 g/mol. The van der Waals surface area contributed by atoms with E-state index in [1.165, 1.54) is 0 Å². The number of aromatic nitrogens is 1. The average molecular weight is 340 g/mol. The van der Waals surface area contributed by atoms with Gasteiger partial charge < -0.3 is 14.8 Å². The Labute approximate surface area is 124 Å². The summed E-state index contributed by atoms with van der Waals surface area (Å²) in [5.74, 6) is -0.680. The molecule has 5 nitrogen and oxygen atoms in total. The Morgan fingerprint density at radius 2 is 2.20 bits per heavy atom. The highest BCUT2D eigenvalue weighted by molar-refractivity contribution is 9.10. The van der Waals surface area contributed by atoms with Gasteiger partial charge in [0.25, 0.3) is 0 Å². The van der Waals surface area contributed by atoms with Gasteiger partial charge in [0.15, 0.2) is 5.78 Å². The number of Topliss-reactive ketones (excluding diaryl/α,β-unsaturated/α-hetero) is 1. The molecule has 0 saturated carbocycles. The van der Waals surface area contributed by atoms with Crippen LogP contribution in [0, 0.1) is 0 Å². The second-order valence-electron chi connectivity index (χ2n) is 4.24. The first-order valence-electron chi connectivity index (χ1n) is 6.17. The third-order valence-corrected chi connectivity index (χ3v) is 3.61. The van der Waals surface area contributed by atoms with Crippen molar-refractivity contribution in [2.45, 2.75) is 18.2 Å². The van der Waals surface area contributed by atoms with E-state index in [0.717, 1.165) is 5.52 Å². The number of rotatable bonds is 6. The first kappa shape index (κ1) is 14.6. The number of ketones is 1. The fourth-order valence-electron chi connectivity index (χ4n) is 2.04. The molecule has 0 bridgehead atoms. The minimum absolute atomic E-state index is 0.262. The van der Waals surface area contributed by atoms with Gasteiger partial charge in [-0.05, 0) is 19.1 Å². The summed E-state index contributed by atoms with van der Waals surface area (Å²) in [7, 11) is 0. The summed E-state index contributed by atoms with van der Waals surface area (Å²) >= 11 is 3.13. The van der Waals surface area contributed by atoms with Crippen LogP contribution in [0.25, 0.3) is 10.9 Å². The summed E-state index contributed by atoms with van der Waals surface area (Å²) in [5.41, 5.74) is 1.22. The largest absolute Gasteiger partial charge is 0.493 e. The Morgan fingerprint density at radius 1 is 1.45 bits per heavy atom. The van der Waals surface area contributed by atoms with E-state index in [0.29, 0.717) is 23.3 Å². The highest BCUT2D eigenvalue weighted by atomic mass is 79.9. The standard InChI is InChI=1S/C14H14BrNO4/c1-2-20-11-5-3-4-10-13(11)8(7-16-10)14(19)9(15)6-12(17)18/h3-5,7,9,16H,2,6H2,1H3,(H,17,18). The number of hydrogen-bond donors (Lipinski definition) is 2. The number of carbonyl (C=O) groups is 2. The number of H-pyrrole nitrogens is 1. The quantitative estimate of drug-likeness (QED) is 0.626. The number of hydrogen-bond acceptors (Lipinski definition) is 3. The van der Waals surface area contributed by atoms with Gasteiger partial charge in [-0.3, -0.25) is 9.59 Å². The Morgan fingerprint density at radius 3 is 2.85 bits per heavy atom.